The summed E-state index contributed by atoms with van der Waals surface area (Å²) in [6.45, 7) is 1.54. The van der Waals surface area contributed by atoms with E-state index in [2.05, 4.69) is 20.9 Å². The molecule has 0 spiro atoms. The number of benzene rings is 2. The number of anilines is 2. The van der Waals surface area contributed by atoms with Gasteiger partial charge in [-0.05, 0) is 48.9 Å². The molecule has 0 aliphatic carbocycles. The maximum absolute atomic E-state index is 12.3. The Labute approximate surface area is 158 Å². The molecule has 2 amide bonds. The molecule has 3 N–H and O–H groups in total. The number of carbonyl (C=O) groups excluding carboxylic acids is 2. The van der Waals surface area contributed by atoms with Crippen LogP contribution < -0.4 is 16.0 Å². The number of aliphatic imine (C=N–C) groups is 1. The highest BCUT2D eigenvalue weighted by molar-refractivity contribution is 6.06. The van der Waals surface area contributed by atoms with E-state index in [1.807, 2.05) is 24.3 Å². The molecule has 0 unspecified atom stereocenters. The Morgan fingerprint density at radius 1 is 1.04 bits per heavy atom. The SMILES string of the molecule is CN(C)C(=O)c1cccc(Nc2ccc(C(=O)NC3=NCCCN3)cc2)c1. The van der Waals surface area contributed by atoms with Crippen molar-refractivity contribution in [1.82, 2.24) is 15.5 Å². The third-order valence-corrected chi connectivity index (χ3v) is 4.08. The van der Waals surface area contributed by atoms with Crippen molar-refractivity contribution < 1.29 is 9.59 Å². The van der Waals surface area contributed by atoms with Crippen molar-refractivity contribution in [3.8, 4) is 0 Å². The highest BCUT2D eigenvalue weighted by Crippen LogP contribution is 2.19. The number of hydrogen-bond acceptors (Lipinski definition) is 5. The van der Waals surface area contributed by atoms with Crippen molar-refractivity contribution in [2.45, 2.75) is 6.42 Å². The minimum atomic E-state index is -0.201. The lowest BCUT2D eigenvalue weighted by Crippen LogP contribution is -2.43. The highest BCUT2D eigenvalue weighted by atomic mass is 16.2. The van der Waals surface area contributed by atoms with Gasteiger partial charge in [0.2, 0.25) is 0 Å². The Morgan fingerprint density at radius 2 is 1.81 bits per heavy atom. The van der Waals surface area contributed by atoms with Crippen LogP contribution in [0.5, 0.6) is 0 Å². The van der Waals surface area contributed by atoms with E-state index in [1.165, 1.54) is 4.90 Å². The molecule has 7 heteroatoms. The van der Waals surface area contributed by atoms with Crippen LogP contribution in [0, 0.1) is 0 Å². The van der Waals surface area contributed by atoms with Crippen LogP contribution in [0.2, 0.25) is 0 Å². The highest BCUT2D eigenvalue weighted by Gasteiger charge is 2.11. The van der Waals surface area contributed by atoms with Gasteiger partial charge in [0.25, 0.3) is 11.8 Å². The van der Waals surface area contributed by atoms with E-state index < -0.39 is 0 Å². The van der Waals surface area contributed by atoms with E-state index in [0.717, 1.165) is 30.9 Å². The molecule has 140 valence electrons. The predicted molar refractivity (Wildman–Crippen MR) is 107 cm³/mol. The second-order valence-corrected chi connectivity index (χ2v) is 6.45. The Bertz CT molecular complexity index is 859. The van der Waals surface area contributed by atoms with E-state index in [4.69, 9.17) is 0 Å². The van der Waals surface area contributed by atoms with Crippen LogP contribution in [0.1, 0.15) is 27.1 Å². The Morgan fingerprint density at radius 3 is 2.48 bits per heavy atom. The Kier molecular flexibility index (Phi) is 5.71. The van der Waals surface area contributed by atoms with Crippen LogP contribution >= 0.6 is 0 Å². The first-order valence-electron chi connectivity index (χ1n) is 8.81. The average Bonchev–Trinajstić information content (AvgIpc) is 2.69. The molecule has 1 aliphatic rings. The molecule has 1 heterocycles. The molecule has 27 heavy (non-hydrogen) atoms. The fourth-order valence-corrected chi connectivity index (χ4v) is 2.66. The van der Waals surface area contributed by atoms with Gasteiger partial charge in [-0.25, -0.2) is 0 Å². The maximum Gasteiger partial charge on any atom is 0.257 e. The summed E-state index contributed by atoms with van der Waals surface area (Å²) in [7, 11) is 3.45. The number of guanidine groups is 1. The van der Waals surface area contributed by atoms with Gasteiger partial charge in [-0.2, -0.15) is 0 Å². The quantitative estimate of drug-likeness (QED) is 0.775. The number of hydrogen-bond donors (Lipinski definition) is 3. The van der Waals surface area contributed by atoms with Gasteiger partial charge in [-0.15, -0.1) is 0 Å². The van der Waals surface area contributed by atoms with Gasteiger partial charge in [0.1, 0.15) is 0 Å². The lowest BCUT2D eigenvalue weighted by molar-refractivity contribution is 0.0827. The van der Waals surface area contributed by atoms with E-state index in [9.17, 15) is 9.59 Å². The molecular formula is C20H23N5O2. The molecule has 0 radical (unpaired) electrons. The lowest BCUT2D eigenvalue weighted by Gasteiger charge is -2.15. The standard InChI is InChI=1S/C20H23N5O2/c1-25(2)19(27)15-5-3-6-17(13-15)23-16-9-7-14(8-10-16)18(26)24-20-21-11-4-12-22-20/h3,5-10,13,23H,4,11-12H2,1-2H3,(H2,21,22,24,26). The van der Waals surface area contributed by atoms with Crippen molar-refractivity contribution in [1.29, 1.82) is 0 Å². The zero-order valence-electron chi connectivity index (χ0n) is 15.5. The molecule has 0 saturated heterocycles. The molecule has 2 aromatic carbocycles. The minimum absolute atomic E-state index is 0.0510. The van der Waals surface area contributed by atoms with Gasteiger partial charge in [0.05, 0.1) is 0 Å². The molecule has 0 bridgehead atoms. The van der Waals surface area contributed by atoms with Crippen LogP contribution in [0.4, 0.5) is 11.4 Å². The zero-order chi connectivity index (χ0) is 19.2. The van der Waals surface area contributed by atoms with Crippen molar-refractivity contribution >= 4 is 29.1 Å². The van der Waals surface area contributed by atoms with E-state index in [-0.39, 0.29) is 11.8 Å². The van der Waals surface area contributed by atoms with Crippen LogP contribution in [0.15, 0.2) is 53.5 Å². The Balaban J connectivity index is 1.65. The molecule has 1 aliphatic heterocycles. The first-order chi connectivity index (χ1) is 13.0. The van der Waals surface area contributed by atoms with Crippen LogP contribution in [0.3, 0.4) is 0 Å². The molecule has 0 aromatic heterocycles. The zero-order valence-corrected chi connectivity index (χ0v) is 15.5. The summed E-state index contributed by atoms with van der Waals surface area (Å²) in [5.41, 5.74) is 2.80. The third-order valence-electron chi connectivity index (χ3n) is 4.08. The molecule has 2 aromatic rings. The first kappa shape index (κ1) is 18.4. The fraction of sp³-hybridized carbons (Fsp3) is 0.250. The second-order valence-electron chi connectivity index (χ2n) is 6.45. The molecule has 3 rings (SSSR count). The number of carbonyl (C=O) groups is 2. The summed E-state index contributed by atoms with van der Waals surface area (Å²) in [5, 5.41) is 9.08. The largest absolute Gasteiger partial charge is 0.356 e. The van der Waals surface area contributed by atoms with E-state index in [1.54, 1.807) is 38.4 Å². The van der Waals surface area contributed by atoms with Gasteiger partial charge in [0.15, 0.2) is 5.96 Å². The summed E-state index contributed by atoms with van der Waals surface area (Å²) < 4.78 is 0. The summed E-state index contributed by atoms with van der Waals surface area (Å²) in [4.78, 5) is 30.1. The number of nitrogens with zero attached hydrogens (tertiary/aromatic N) is 2. The summed E-state index contributed by atoms with van der Waals surface area (Å²) in [5.74, 6) is 0.272. The van der Waals surface area contributed by atoms with Gasteiger partial charge < -0.3 is 15.5 Å². The van der Waals surface area contributed by atoms with E-state index in [0.29, 0.717) is 17.1 Å². The molecule has 7 nitrogen and oxygen atoms in total. The van der Waals surface area contributed by atoms with Gasteiger partial charge in [0, 0.05) is 49.7 Å². The summed E-state index contributed by atoms with van der Waals surface area (Å²) in [6, 6.07) is 14.4. The lowest BCUT2D eigenvalue weighted by atomic mass is 10.1. The van der Waals surface area contributed by atoms with Gasteiger partial charge >= 0.3 is 0 Å². The third kappa shape index (κ3) is 4.84. The molecule has 0 atom stereocenters. The number of nitrogens with one attached hydrogen (secondary N) is 3. The van der Waals surface area contributed by atoms with Gasteiger partial charge in [-0.3, -0.25) is 19.9 Å². The van der Waals surface area contributed by atoms with Crippen molar-refractivity contribution in [3.63, 3.8) is 0 Å². The second kappa shape index (κ2) is 8.35. The predicted octanol–water partition coefficient (Wildman–Crippen LogP) is 2.21. The maximum atomic E-state index is 12.3. The molecule has 0 fully saturated rings. The number of amides is 2. The Hall–Kier alpha value is -3.35. The van der Waals surface area contributed by atoms with Crippen molar-refractivity contribution in [3.05, 3.63) is 59.7 Å². The topological polar surface area (TPSA) is 85.8 Å². The van der Waals surface area contributed by atoms with Crippen molar-refractivity contribution in [2.24, 2.45) is 4.99 Å². The summed E-state index contributed by atoms with van der Waals surface area (Å²) >= 11 is 0. The minimum Gasteiger partial charge on any atom is -0.356 e. The van der Waals surface area contributed by atoms with Crippen LogP contribution in [-0.2, 0) is 0 Å². The fourth-order valence-electron chi connectivity index (χ4n) is 2.66. The summed E-state index contributed by atoms with van der Waals surface area (Å²) in [6.07, 6.45) is 0.973. The van der Waals surface area contributed by atoms with Crippen LogP contribution in [-0.4, -0.2) is 49.9 Å². The smallest absolute Gasteiger partial charge is 0.257 e. The van der Waals surface area contributed by atoms with Crippen LogP contribution in [0.25, 0.3) is 0 Å². The van der Waals surface area contributed by atoms with Gasteiger partial charge in [-0.1, -0.05) is 6.07 Å². The average molecular weight is 365 g/mol. The normalized spacial score (nSPS) is 13.2. The molecule has 0 saturated carbocycles. The first-order valence-corrected chi connectivity index (χ1v) is 8.81. The van der Waals surface area contributed by atoms with E-state index >= 15 is 0 Å². The molecular weight excluding hydrogens is 342 g/mol. The monoisotopic (exact) mass is 365 g/mol. The number of rotatable bonds is 4. The van der Waals surface area contributed by atoms with Crippen molar-refractivity contribution in [2.75, 3.05) is 32.5 Å².